The van der Waals surface area contributed by atoms with Crippen molar-refractivity contribution in [2.75, 3.05) is 20.6 Å². The number of nitrogens with one attached hydrogen (secondary N) is 2. The topological polar surface area (TPSA) is 103 Å². The molecule has 5 aliphatic rings. The van der Waals surface area contributed by atoms with Gasteiger partial charge in [-0.2, -0.15) is 0 Å². The number of amides is 2. The van der Waals surface area contributed by atoms with Gasteiger partial charge >= 0.3 is 6.09 Å². The first-order valence-corrected chi connectivity index (χ1v) is 15.2. The van der Waals surface area contributed by atoms with Crippen molar-refractivity contribution in [3.05, 3.63) is 0 Å². The third-order valence-electron chi connectivity index (χ3n) is 11.9. The van der Waals surface area contributed by atoms with E-state index >= 15 is 0 Å². The number of hydrogen-bond acceptors (Lipinski definition) is 6. The Bertz CT molecular complexity index is 939. The van der Waals surface area contributed by atoms with Crippen LogP contribution in [0.5, 0.6) is 0 Å². The molecule has 0 bridgehead atoms. The van der Waals surface area contributed by atoms with Crippen molar-refractivity contribution < 1.29 is 19.5 Å². The second-order valence-corrected chi connectivity index (χ2v) is 14.0. The Morgan fingerprint density at radius 2 is 1.74 bits per heavy atom. The van der Waals surface area contributed by atoms with E-state index in [2.05, 4.69) is 29.6 Å². The number of carbonyl (C=O) groups is 2. The van der Waals surface area contributed by atoms with Crippen LogP contribution in [-0.4, -0.2) is 66.5 Å². The van der Waals surface area contributed by atoms with Crippen molar-refractivity contribution in [3.8, 4) is 0 Å². The van der Waals surface area contributed by atoms with Crippen LogP contribution >= 0.6 is 0 Å². The average Bonchev–Trinajstić information content (AvgIpc) is 3.50. The minimum absolute atomic E-state index is 0.0654. The van der Waals surface area contributed by atoms with Crippen LogP contribution in [0.2, 0.25) is 0 Å². The van der Waals surface area contributed by atoms with Crippen molar-refractivity contribution >= 4 is 17.7 Å². The number of fused-ring (bicyclic) bond motifs is 5. The number of oxime groups is 1. The molecular formula is C30H50N4O4. The zero-order valence-electron chi connectivity index (χ0n) is 24.2. The molecule has 0 radical (unpaired) electrons. The summed E-state index contributed by atoms with van der Waals surface area (Å²) in [4.78, 5) is 31.5. The molecule has 2 amide bonds. The lowest BCUT2D eigenvalue weighted by Crippen LogP contribution is -2.54. The maximum absolute atomic E-state index is 12.4. The molecule has 8 nitrogen and oxygen atoms in total. The van der Waals surface area contributed by atoms with Crippen LogP contribution in [0.25, 0.3) is 0 Å². The molecule has 5 rings (SSSR count). The highest BCUT2D eigenvalue weighted by molar-refractivity contribution is 5.85. The monoisotopic (exact) mass is 530 g/mol. The lowest BCUT2D eigenvalue weighted by Gasteiger charge is -2.61. The second-order valence-electron chi connectivity index (χ2n) is 14.0. The summed E-state index contributed by atoms with van der Waals surface area (Å²) in [7, 11) is 3.53. The van der Waals surface area contributed by atoms with Crippen molar-refractivity contribution in [2.45, 2.75) is 110 Å². The molecule has 0 aromatic heterocycles. The molecule has 10 atom stereocenters. The van der Waals surface area contributed by atoms with Gasteiger partial charge in [0.05, 0.1) is 17.9 Å². The molecule has 4 aliphatic carbocycles. The Morgan fingerprint density at radius 1 is 1.00 bits per heavy atom. The number of aliphatic hydroxyl groups is 1. The summed E-state index contributed by atoms with van der Waals surface area (Å²) < 4.78 is 0. The van der Waals surface area contributed by atoms with Gasteiger partial charge in [0.25, 0.3) is 0 Å². The molecule has 1 heterocycles. The van der Waals surface area contributed by atoms with Gasteiger partial charge in [0.1, 0.15) is 0 Å². The Kier molecular flexibility index (Phi) is 7.86. The molecule has 0 aromatic carbocycles. The predicted molar refractivity (Wildman–Crippen MR) is 147 cm³/mol. The summed E-state index contributed by atoms with van der Waals surface area (Å²) in [6, 6.07) is -0.114. The standard InChI is InChI=1S/C30H50N4O4/c1-18(33-38-28(37)31-17-20-7-11-26(32-20)27(36)34(4)5)23-9-10-24-22-8-6-19-16-21(35)12-14-29(19,2)25(22)13-15-30(23,24)3/h19-26,32,35H,6-17H2,1-5H3,(H,31,37)/b33-18+/t19-,20?,21-,22+,23-,24+,25+,26?,29+,30-/m1/s1. The van der Waals surface area contributed by atoms with Crippen LogP contribution in [-0.2, 0) is 9.63 Å². The molecule has 4 saturated carbocycles. The molecule has 3 N–H and O–H groups in total. The van der Waals surface area contributed by atoms with Gasteiger partial charge in [-0.3, -0.25) is 9.63 Å². The van der Waals surface area contributed by atoms with E-state index in [9.17, 15) is 14.7 Å². The first-order valence-electron chi connectivity index (χ1n) is 15.2. The van der Waals surface area contributed by atoms with Gasteiger partial charge in [-0.1, -0.05) is 19.0 Å². The third kappa shape index (κ3) is 5.00. The van der Waals surface area contributed by atoms with Crippen LogP contribution in [0.4, 0.5) is 4.79 Å². The van der Waals surface area contributed by atoms with Gasteiger partial charge in [0.2, 0.25) is 5.91 Å². The lowest BCUT2D eigenvalue weighted by atomic mass is 9.44. The van der Waals surface area contributed by atoms with Crippen molar-refractivity contribution in [3.63, 3.8) is 0 Å². The first-order chi connectivity index (χ1) is 18.0. The van der Waals surface area contributed by atoms with Crippen LogP contribution in [0.3, 0.4) is 0 Å². The predicted octanol–water partition coefficient (Wildman–Crippen LogP) is 4.32. The summed E-state index contributed by atoms with van der Waals surface area (Å²) in [5.74, 6) is 3.38. The molecule has 0 aromatic rings. The Balaban J connectivity index is 1.15. The summed E-state index contributed by atoms with van der Waals surface area (Å²) >= 11 is 0. The molecule has 1 aliphatic heterocycles. The zero-order chi connectivity index (χ0) is 27.2. The van der Waals surface area contributed by atoms with Crippen molar-refractivity contribution in [1.29, 1.82) is 0 Å². The van der Waals surface area contributed by atoms with Gasteiger partial charge in [-0.15, -0.1) is 0 Å². The Hall–Kier alpha value is -1.67. The Morgan fingerprint density at radius 3 is 2.50 bits per heavy atom. The maximum atomic E-state index is 12.4. The first kappa shape index (κ1) is 27.9. The number of hydrogen-bond donors (Lipinski definition) is 3. The van der Waals surface area contributed by atoms with Crippen LogP contribution < -0.4 is 10.6 Å². The number of carbonyl (C=O) groups excluding carboxylic acids is 2. The SMILES string of the molecule is C/C(=N\OC(=O)NCC1CCC(C(=O)N(C)C)N1)[C@H]1CC[C@H]2[C@@H]3CC[C@@H]4C[C@H](O)CC[C@]4(C)[C@H]3CC[C@]12C. The highest BCUT2D eigenvalue weighted by atomic mass is 16.7. The van der Waals surface area contributed by atoms with E-state index in [-0.39, 0.29) is 29.5 Å². The van der Waals surface area contributed by atoms with E-state index in [1.165, 1.54) is 38.5 Å². The molecule has 5 fully saturated rings. The van der Waals surface area contributed by atoms with E-state index in [1.54, 1.807) is 19.0 Å². The number of rotatable bonds is 5. The smallest absolute Gasteiger partial charge is 0.393 e. The van der Waals surface area contributed by atoms with Crippen molar-refractivity contribution in [1.82, 2.24) is 15.5 Å². The van der Waals surface area contributed by atoms with Crippen LogP contribution in [0.15, 0.2) is 5.16 Å². The minimum atomic E-state index is -0.525. The van der Waals surface area contributed by atoms with Crippen LogP contribution in [0, 0.1) is 40.4 Å². The van der Waals surface area contributed by atoms with Gasteiger partial charge in [-0.05, 0) is 112 Å². The van der Waals surface area contributed by atoms with Crippen molar-refractivity contribution in [2.24, 2.45) is 45.6 Å². The molecule has 8 heteroatoms. The van der Waals surface area contributed by atoms with E-state index in [0.29, 0.717) is 29.7 Å². The van der Waals surface area contributed by atoms with Gasteiger partial charge < -0.3 is 20.6 Å². The Labute approximate surface area is 228 Å². The van der Waals surface area contributed by atoms with Gasteiger partial charge in [0, 0.05) is 32.6 Å². The normalized spacial score (nSPS) is 44.5. The third-order valence-corrected chi connectivity index (χ3v) is 11.9. The average molecular weight is 531 g/mol. The fraction of sp³-hybridized carbons (Fsp3) is 0.900. The minimum Gasteiger partial charge on any atom is -0.393 e. The van der Waals surface area contributed by atoms with E-state index in [1.807, 2.05) is 6.92 Å². The maximum Gasteiger partial charge on any atom is 0.433 e. The molecule has 2 unspecified atom stereocenters. The molecule has 38 heavy (non-hydrogen) atoms. The highest BCUT2D eigenvalue weighted by Crippen LogP contribution is 2.67. The largest absolute Gasteiger partial charge is 0.433 e. The van der Waals surface area contributed by atoms with Gasteiger partial charge in [-0.25, -0.2) is 4.79 Å². The van der Waals surface area contributed by atoms with E-state index in [4.69, 9.17) is 4.84 Å². The van der Waals surface area contributed by atoms with Gasteiger partial charge in [0.15, 0.2) is 0 Å². The number of nitrogens with zero attached hydrogens (tertiary/aromatic N) is 2. The number of likely N-dealkylation sites (N-methyl/N-ethyl adjacent to an activating group) is 1. The summed E-state index contributed by atoms with van der Waals surface area (Å²) in [6.45, 7) is 7.47. The molecule has 214 valence electrons. The fourth-order valence-corrected chi connectivity index (χ4v) is 9.82. The second kappa shape index (κ2) is 10.7. The highest BCUT2D eigenvalue weighted by Gasteiger charge is 2.60. The summed E-state index contributed by atoms with van der Waals surface area (Å²) in [5, 5.41) is 20.8. The van der Waals surface area contributed by atoms with E-state index < -0.39 is 6.09 Å². The fourth-order valence-electron chi connectivity index (χ4n) is 9.82. The lowest BCUT2D eigenvalue weighted by molar-refractivity contribution is -0.130. The summed E-state index contributed by atoms with van der Waals surface area (Å²) in [6.07, 6.45) is 11.6. The number of aliphatic hydroxyl groups excluding tert-OH is 1. The molecule has 1 saturated heterocycles. The zero-order valence-corrected chi connectivity index (χ0v) is 24.2. The van der Waals surface area contributed by atoms with Crippen LogP contribution in [0.1, 0.15) is 91.4 Å². The quantitative estimate of drug-likeness (QED) is 0.279. The van der Waals surface area contributed by atoms with E-state index in [0.717, 1.165) is 49.7 Å². The molecule has 0 spiro atoms. The molecular weight excluding hydrogens is 480 g/mol. The summed E-state index contributed by atoms with van der Waals surface area (Å²) in [5.41, 5.74) is 1.55.